The molecule has 0 saturated carbocycles. The number of nitrogens with one attached hydrogen (secondary N) is 2. The minimum atomic E-state index is -0.643. The molecule has 160 valence electrons. The van der Waals surface area contributed by atoms with Gasteiger partial charge in [-0.1, -0.05) is 19.9 Å². The van der Waals surface area contributed by atoms with Gasteiger partial charge in [-0.3, -0.25) is 9.59 Å². The van der Waals surface area contributed by atoms with Crippen LogP contribution in [0.1, 0.15) is 46.2 Å². The van der Waals surface area contributed by atoms with Crippen molar-refractivity contribution >= 4 is 23.5 Å². The third kappa shape index (κ3) is 5.13. The number of carbonyl (C=O) groups is 3. The highest BCUT2D eigenvalue weighted by Gasteiger charge is 2.23. The number of ether oxygens (including phenoxy) is 1. The first kappa shape index (κ1) is 21.7. The summed E-state index contributed by atoms with van der Waals surface area (Å²) in [5.74, 6) is -0.804. The van der Waals surface area contributed by atoms with Crippen LogP contribution in [0, 0.1) is 0 Å². The van der Waals surface area contributed by atoms with Gasteiger partial charge in [-0.2, -0.15) is 5.10 Å². The molecule has 0 fully saturated rings. The number of hydrogen-bond donors (Lipinski definition) is 2. The smallest absolute Gasteiger partial charge is 0.342 e. The van der Waals surface area contributed by atoms with E-state index < -0.39 is 18.5 Å². The summed E-state index contributed by atoms with van der Waals surface area (Å²) in [5, 5.41) is 9.42. The van der Waals surface area contributed by atoms with Crippen LogP contribution in [0.15, 0.2) is 54.9 Å². The molecule has 9 nitrogen and oxygen atoms in total. The lowest BCUT2D eigenvalue weighted by atomic mass is 10.1. The number of pyridine rings is 1. The molecule has 2 aromatic heterocycles. The van der Waals surface area contributed by atoms with Gasteiger partial charge in [0.05, 0.1) is 11.9 Å². The summed E-state index contributed by atoms with van der Waals surface area (Å²) < 4.78 is 6.79. The van der Waals surface area contributed by atoms with E-state index >= 15 is 0 Å². The predicted octanol–water partition coefficient (Wildman–Crippen LogP) is 2.55. The molecule has 31 heavy (non-hydrogen) atoms. The predicted molar refractivity (Wildman–Crippen MR) is 114 cm³/mol. The molecule has 0 aliphatic carbocycles. The molecule has 2 N–H and O–H groups in total. The van der Waals surface area contributed by atoms with Crippen LogP contribution in [0.5, 0.6) is 0 Å². The van der Waals surface area contributed by atoms with E-state index in [0.29, 0.717) is 22.8 Å². The number of rotatable bonds is 7. The minimum Gasteiger partial charge on any atom is -0.452 e. The van der Waals surface area contributed by atoms with Crippen LogP contribution in [0.2, 0.25) is 0 Å². The topological polar surface area (TPSA) is 115 Å². The lowest BCUT2D eigenvalue weighted by Crippen LogP contribution is -2.22. The van der Waals surface area contributed by atoms with Gasteiger partial charge in [0.15, 0.2) is 12.4 Å². The summed E-state index contributed by atoms with van der Waals surface area (Å²) in [4.78, 5) is 40.6. The molecule has 3 aromatic rings. The molecule has 0 atom stereocenters. The monoisotopic (exact) mass is 421 g/mol. The number of amides is 2. The molecule has 1 aromatic carbocycles. The summed E-state index contributed by atoms with van der Waals surface area (Å²) in [7, 11) is 1.54. The van der Waals surface area contributed by atoms with Gasteiger partial charge in [0, 0.05) is 24.5 Å². The molecule has 0 unspecified atom stereocenters. The number of esters is 1. The molecule has 9 heteroatoms. The van der Waals surface area contributed by atoms with Crippen molar-refractivity contribution < 1.29 is 19.1 Å². The maximum Gasteiger partial charge on any atom is 0.342 e. The normalized spacial score (nSPS) is 10.6. The van der Waals surface area contributed by atoms with Crippen LogP contribution in [0.25, 0.3) is 5.82 Å². The van der Waals surface area contributed by atoms with Gasteiger partial charge in [-0.15, -0.1) is 0 Å². The van der Waals surface area contributed by atoms with E-state index in [0.717, 1.165) is 0 Å². The van der Waals surface area contributed by atoms with Crippen molar-refractivity contribution in [2.45, 2.75) is 19.8 Å². The second-order valence-electron chi connectivity index (χ2n) is 6.98. The van der Waals surface area contributed by atoms with E-state index in [1.807, 2.05) is 19.9 Å². The molecular weight excluding hydrogens is 398 g/mol. The Bertz CT molecular complexity index is 1080. The number of nitrogens with zero attached hydrogens (tertiary/aromatic N) is 3. The molecule has 0 spiro atoms. The minimum absolute atomic E-state index is 0.0280. The first-order valence-electron chi connectivity index (χ1n) is 9.69. The standard InChI is InChI=1S/C22H23N5O4/c1-14(2)20-17(12-25-27(20)18-6-4-5-11-24-18)22(30)31-13-19(28)26-16-9-7-15(8-10-16)21(29)23-3/h4-12,14H,13H2,1-3H3,(H,23,29)(H,26,28). The zero-order chi connectivity index (χ0) is 22.4. The van der Waals surface area contributed by atoms with E-state index in [-0.39, 0.29) is 17.4 Å². The lowest BCUT2D eigenvalue weighted by molar-refractivity contribution is -0.119. The van der Waals surface area contributed by atoms with Gasteiger partial charge < -0.3 is 15.4 Å². The van der Waals surface area contributed by atoms with Gasteiger partial charge in [0.1, 0.15) is 5.56 Å². The van der Waals surface area contributed by atoms with E-state index in [4.69, 9.17) is 4.74 Å². The highest BCUT2D eigenvalue weighted by atomic mass is 16.5. The Morgan fingerprint density at radius 2 is 1.84 bits per heavy atom. The first-order chi connectivity index (χ1) is 14.9. The number of carbonyl (C=O) groups excluding carboxylic acids is 3. The van der Waals surface area contributed by atoms with Crippen LogP contribution in [-0.4, -0.2) is 46.2 Å². The Morgan fingerprint density at radius 3 is 2.45 bits per heavy atom. The van der Waals surface area contributed by atoms with Crippen molar-refractivity contribution in [2.24, 2.45) is 0 Å². The Hall–Kier alpha value is -4.01. The molecule has 0 aliphatic rings. The summed E-state index contributed by atoms with van der Waals surface area (Å²) in [6.07, 6.45) is 3.06. The van der Waals surface area contributed by atoms with Gasteiger partial charge in [-0.05, 0) is 42.3 Å². The number of anilines is 1. The summed E-state index contributed by atoms with van der Waals surface area (Å²) in [6.45, 7) is 3.41. The van der Waals surface area contributed by atoms with Crippen molar-refractivity contribution in [1.29, 1.82) is 0 Å². The fraction of sp³-hybridized carbons (Fsp3) is 0.227. The molecule has 2 amide bonds. The molecule has 0 bridgehead atoms. The fourth-order valence-corrected chi connectivity index (χ4v) is 2.99. The zero-order valence-electron chi connectivity index (χ0n) is 17.5. The van der Waals surface area contributed by atoms with Crippen molar-refractivity contribution in [3.63, 3.8) is 0 Å². The summed E-state index contributed by atoms with van der Waals surface area (Å²) in [6, 6.07) is 11.8. The average molecular weight is 421 g/mol. The molecule has 0 saturated heterocycles. The number of hydrogen-bond acceptors (Lipinski definition) is 6. The molecule has 2 heterocycles. The van der Waals surface area contributed by atoms with Gasteiger partial charge in [0.2, 0.25) is 0 Å². The lowest BCUT2D eigenvalue weighted by Gasteiger charge is -2.12. The molecule has 0 radical (unpaired) electrons. The second-order valence-corrected chi connectivity index (χ2v) is 6.98. The first-order valence-corrected chi connectivity index (χ1v) is 9.69. The van der Waals surface area contributed by atoms with Crippen molar-refractivity contribution in [3.05, 3.63) is 71.7 Å². The van der Waals surface area contributed by atoms with Crippen LogP contribution < -0.4 is 10.6 Å². The Balaban J connectivity index is 1.65. The average Bonchev–Trinajstić information content (AvgIpc) is 3.24. The van der Waals surface area contributed by atoms with Crippen molar-refractivity contribution in [1.82, 2.24) is 20.1 Å². The highest BCUT2D eigenvalue weighted by Crippen LogP contribution is 2.23. The zero-order valence-corrected chi connectivity index (χ0v) is 17.5. The van der Waals surface area contributed by atoms with Crippen LogP contribution >= 0.6 is 0 Å². The van der Waals surface area contributed by atoms with Crippen LogP contribution in [0.4, 0.5) is 5.69 Å². The van der Waals surface area contributed by atoms with Crippen molar-refractivity contribution in [3.8, 4) is 5.82 Å². The molecular formula is C22H23N5O4. The third-order valence-electron chi connectivity index (χ3n) is 4.43. The number of aromatic nitrogens is 3. The highest BCUT2D eigenvalue weighted by molar-refractivity contribution is 5.97. The van der Waals surface area contributed by atoms with Gasteiger partial charge >= 0.3 is 5.97 Å². The van der Waals surface area contributed by atoms with Gasteiger partial charge in [0.25, 0.3) is 11.8 Å². The largest absolute Gasteiger partial charge is 0.452 e. The van der Waals surface area contributed by atoms with E-state index in [1.165, 1.54) is 13.2 Å². The summed E-state index contributed by atoms with van der Waals surface area (Å²) >= 11 is 0. The van der Waals surface area contributed by atoms with E-state index in [9.17, 15) is 14.4 Å². The van der Waals surface area contributed by atoms with Gasteiger partial charge in [-0.25, -0.2) is 14.5 Å². The van der Waals surface area contributed by atoms with E-state index in [2.05, 4.69) is 20.7 Å². The van der Waals surface area contributed by atoms with Crippen LogP contribution in [-0.2, 0) is 9.53 Å². The van der Waals surface area contributed by atoms with Crippen LogP contribution in [0.3, 0.4) is 0 Å². The maximum atomic E-state index is 12.6. The SMILES string of the molecule is CNC(=O)c1ccc(NC(=O)COC(=O)c2cnn(-c3ccccn3)c2C(C)C)cc1. The fourth-order valence-electron chi connectivity index (χ4n) is 2.99. The Morgan fingerprint density at radius 1 is 1.10 bits per heavy atom. The Kier molecular flexibility index (Phi) is 6.76. The third-order valence-corrected chi connectivity index (χ3v) is 4.43. The maximum absolute atomic E-state index is 12.6. The quantitative estimate of drug-likeness (QED) is 0.567. The molecule has 0 aliphatic heterocycles. The molecule has 3 rings (SSSR count). The van der Waals surface area contributed by atoms with E-state index in [1.54, 1.807) is 47.3 Å². The number of benzene rings is 1. The summed E-state index contributed by atoms with van der Waals surface area (Å²) in [5.41, 5.74) is 1.88. The Labute approximate surface area is 179 Å². The second kappa shape index (κ2) is 9.66. The van der Waals surface area contributed by atoms with Crippen molar-refractivity contribution in [2.75, 3.05) is 19.0 Å².